The number of carbonyl (C=O) groups is 1. The number of nitriles is 1. The second-order valence-electron chi connectivity index (χ2n) is 7.18. The van der Waals surface area contributed by atoms with E-state index in [9.17, 15) is 10.1 Å². The van der Waals surface area contributed by atoms with E-state index in [0.717, 1.165) is 32.4 Å². The van der Waals surface area contributed by atoms with Crippen molar-refractivity contribution in [3.05, 3.63) is 52.4 Å². The Balaban J connectivity index is 1.45. The van der Waals surface area contributed by atoms with Crippen molar-refractivity contribution in [2.75, 3.05) is 25.0 Å². The summed E-state index contributed by atoms with van der Waals surface area (Å²) < 4.78 is 6.36. The first-order chi connectivity index (χ1) is 14.0. The van der Waals surface area contributed by atoms with E-state index >= 15 is 0 Å². The number of rotatable bonds is 4. The standard InChI is InChI=1S/C21H20N4O2S2/c1-24-19(26)17(29-21(24)28)12-18-23-16(13-22)20(27-18)25-9-7-15(8-10-25)11-14-5-3-2-4-6-14/h2-6,12,15H,7-11H2,1H3. The summed E-state index contributed by atoms with van der Waals surface area (Å²) in [4.78, 5) is 20.4. The van der Waals surface area contributed by atoms with Crippen molar-refractivity contribution in [2.45, 2.75) is 19.3 Å². The summed E-state index contributed by atoms with van der Waals surface area (Å²) in [5, 5.41) is 9.49. The molecule has 2 fully saturated rings. The molecule has 4 rings (SSSR count). The molecule has 148 valence electrons. The molecule has 0 aliphatic carbocycles. The van der Waals surface area contributed by atoms with Crippen LogP contribution in [0.1, 0.15) is 30.0 Å². The van der Waals surface area contributed by atoms with E-state index < -0.39 is 0 Å². The lowest BCUT2D eigenvalue weighted by atomic mass is 9.90. The Hall–Kier alpha value is -2.63. The molecular formula is C21H20N4O2S2. The van der Waals surface area contributed by atoms with E-state index in [0.29, 0.717) is 21.0 Å². The zero-order valence-corrected chi connectivity index (χ0v) is 17.6. The van der Waals surface area contributed by atoms with Crippen LogP contribution in [-0.4, -0.2) is 40.2 Å². The third-order valence-corrected chi connectivity index (χ3v) is 6.73. The smallest absolute Gasteiger partial charge is 0.266 e. The van der Waals surface area contributed by atoms with Gasteiger partial charge in [0.05, 0.1) is 4.91 Å². The minimum atomic E-state index is -0.181. The minimum Gasteiger partial charge on any atom is -0.420 e. The molecule has 0 N–H and O–H groups in total. The van der Waals surface area contributed by atoms with Crippen LogP contribution in [0.3, 0.4) is 0 Å². The maximum atomic E-state index is 12.2. The summed E-state index contributed by atoms with van der Waals surface area (Å²) in [6.07, 6.45) is 4.70. The maximum Gasteiger partial charge on any atom is 0.266 e. The zero-order chi connectivity index (χ0) is 20.4. The molecule has 8 heteroatoms. The molecule has 2 aromatic rings. The van der Waals surface area contributed by atoms with Gasteiger partial charge in [0.2, 0.25) is 17.5 Å². The molecule has 0 saturated carbocycles. The van der Waals surface area contributed by atoms with E-state index in [2.05, 4.69) is 40.2 Å². The number of hydrogen-bond acceptors (Lipinski definition) is 7. The molecule has 1 aromatic heterocycles. The number of oxazole rings is 1. The van der Waals surface area contributed by atoms with Gasteiger partial charge in [-0.05, 0) is 30.7 Å². The first-order valence-electron chi connectivity index (χ1n) is 9.46. The van der Waals surface area contributed by atoms with Gasteiger partial charge < -0.3 is 9.32 Å². The highest BCUT2D eigenvalue weighted by atomic mass is 32.2. The van der Waals surface area contributed by atoms with Crippen LogP contribution in [0, 0.1) is 17.2 Å². The van der Waals surface area contributed by atoms with Gasteiger partial charge in [-0.2, -0.15) is 10.2 Å². The predicted octanol–water partition coefficient (Wildman–Crippen LogP) is 3.84. The normalized spacial score (nSPS) is 19.2. The van der Waals surface area contributed by atoms with Crippen molar-refractivity contribution in [3.8, 4) is 6.07 Å². The number of amides is 1. The SMILES string of the molecule is CN1C(=O)C(=Cc2nc(C#N)c(N3CCC(Cc4ccccc4)CC3)o2)SC1=S. The van der Waals surface area contributed by atoms with Crippen molar-refractivity contribution >= 4 is 46.2 Å². The van der Waals surface area contributed by atoms with Gasteiger partial charge in [-0.15, -0.1) is 0 Å². The number of thioether (sulfide) groups is 1. The summed E-state index contributed by atoms with van der Waals surface area (Å²) in [5.41, 5.74) is 1.61. The van der Waals surface area contributed by atoms with E-state index in [1.807, 2.05) is 6.07 Å². The number of carbonyl (C=O) groups excluding carboxylic acids is 1. The summed E-state index contributed by atoms with van der Waals surface area (Å²) in [6, 6.07) is 12.6. The molecule has 0 spiro atoms. The number of anilines is 1. The molecule has 0 radical (unpaired) electrons. The highest BCUT2D eigenvalue weighted by Gasteiger charge is 2.30. The number of likely N-dealkylation sites (N-methyl/N-ethyl adjacent to an activating group) is 1. The Labute approximate surface area is 179 Å². The predicted molar refractivity (Wildman–Crippen MR) is 117 cm³/mol. The molecule has 0 unspecified atom stereocenters. The van der Waals surface area contributed by atoms with Gasteiger partial charge in [0.25, 0.3) is 5.91 Å². The number of thiocarbonyl (C=S) groups is 1. The van der Waals surface area contributed by atoms with Crippen molar-refractivity contribution in [3.63, 3.8) is 0 Å². The third kappa shape index (κ3) is 4.21. The van der Waals surface area contributed by atoms with Crippen molar-refractivity contribution in [1.29, 1.82) is 5.26 Å². The van der Waals surface area contributed by atoms with Crippen LogP contribution in [0.15, 0.2) is 39.7 Å². The van der Waals surface area contributed by atoms with Crippen molar-refractivity contribution in [1.82, 2.24) is 9.88 Å². The summed E-state index contributed by atoms with van der Waals surface area (Å²) in [6.45, 7) is 1.63. The lowest BCUT2D eigenvalue weighted by Gasteiger charge is -2.31. The van der Waals surface area contributed by atoms with Gasteiger partial charge >= 0.3 is 0 Å². The second kappa shape index (κ2) is 8.39. The average Bonchev–Trinajstić information content (AvgIpc) is 3.26. The molecule has 2 aliphatic heterocycles. The van der Waals surface area contributed by atoms with Gasteiger partial charge in [-0.1, -0.05) is 54.3 Å². The van der Waals surface area contributed by atoms with Gasteiger partial charge in [-0.25, -0.2) is 0 Å². The first-order valence-corrected chi connectivity index (χ1v) is 10.7. The largest absolute Gasteiger partial charge is 0.420 e. The topological polar surface area (TPSA) is 73.4 Å². The Kier molecular flexibility index (Phi) is 5.69. The van der Waals surface area contributed by atoms with Crippen LogP contribution in [0.2, 0.25) is 0 Å². The third-order valence-electron chi connectivity index (χ3n) is 5.24. The molecule has 6 nitrogen and oxygen atoms in total. The van der Waals surface area contributed by atoms with Crippen LogP contribution in [0.4, 0.5) is 5.88 Å². The highest BCUT2D eigenvalue weighted by molar-refractivity contribution is 8.26. The maximum absolute atomic E-state index is 12.2. The molecule has 2 aliphatic rings. The summed E-state index contributed by atoms with van der Waals surface area (Å²) in [5.74, 6) is 1.19. The number of benzene rings is 1. The van der Waals surface area contributed by atoms with Gasteiger partial charge in [0.1, 0.15) is 10.4 Å². The van der Waals surface area contributed by atoms with Gasteiger partial charge in [-0.3, -0.25) is 9.69 Å². The second-order valence-corrected chi connectivity index (χ2v) is 8.85. The lowest BCUT2D eigenvalue weighted by molar-refractivity contribution is -0.121. The van der Waals surface area contributed by atoms with Crippen LogP contribution < -0.4 is 4.90 Å². The van der Waals surface area contributed by atoms with Crippen LogP contribution in [0.25, 0.3) is 6.08 Å². The zero-order valence-electron chi connectivity index (χ0n) is 16.0. The number of piperidine rings is 1. The Morgan fingerprint density at radius 3 is 2.69 bits per heavy atom. The Morgan fingerprint density at radius 1 is 1.34 bits per heavy atom. The molecule has 0 bridgehead atoms. The molecular weight excluding hydrogens is 404 g/mol. The molecule has 1 amide bonds. The average molecular weight is 425 g/mol. The van der Waals surface area contributed by atoms with Crippen LogP contribution >= 0.6 is 24.0 Å². The van der Waals surface area contributed by atoms with Crippen LogP contribution in [-0.2, 0) is 11.2 Å². The summed E-state index contributed by atoms with van der Waals surface area (Å²) >= 11 is 6.35. The van der Waals surface area contributed by atoms with Gasteiger partial charge in [0.15, 0.2) is 0 Å². The van der Waals surface area contributed by atoms with Crippen molar-refractivity contribution < 1.29 is 9.21 Å². The molecule has 0 atom stereocenters. The molecule has 29 heavy (non-hydrogen) atoms. The molecule has 1 aromatic carbocycles. The first kappa shape index (κ1) is 19.7. The molecule has 3 heterocycles. The highest BCUT2D eigenvalue weighted by Crippen LogP contribution is 2.33. The molecule has 2 saturated heterocycles. The quantitative estimate of drug-likeness (QED) is 0.545. The van der Waals surface area contributed by atoms with E-state index in [4.69, 9.17) is 16.6 Å². The number of nitrogens with zero attached hydrogens (tertiary/aromatic N) is 4. The number of aromatic nitrogens is 1. The van der Waals surface area contributed by atoms with Crippen LogP contribution in [0.5, 0.6) is 0 Å². The summed E-state index contributed by atoms with van der Waals surface area (Å²) in [7, 11) is 1.64. The number of hydrogen-bond donors (Lipinski definition) is 0. The van der Waals surface area contributed by atoms with Crippen molar-refractivity contribution in [2.24, 2.45) is 5.92 Å². The Bertz CT molecular complexity index is 1000. The van der Waals surface area contributed by atoms with Gasteiger partial charge in [0, 0.05) is 26.2 Å². The fraction of sp³-hybridized carbons (Fsp3) is 0.333. The van der Waals surface area contributed by atoms with E-state index in [1.54, 1.807) is 13.1 Å². The fourth-order valence-electron chi connectivity index (χ4n) is 3.62. The monoisotopic (exact) mass is 424 g/mol. The Morgan fingerprint density at radius 2 is 2.07 bits per heavy atom. The van der Waals surface area contributed by atoms with E-state index in [-0.39, 0.29) is 17.5 Å². The fourth-order valence-corrected chi connectivity index (χ4v) is 4.77. The van der Waals surface area contributed by atoms with E-state index in [1.165, 1.54) is 22.2 Å². The lowest BCUT2D eigenvalue weighted by Crippen LogP contribution is -2.34. The minimum absolute atomic E-state index is 0.181.